The molecular weight excluding hydrogens is 292 g/mol. The van der Waals surface area contributed by atoms with Crippen LogP contribution in [0.15, 0.2) is 41.7 Å². The first-order valence-corrected chi connectivity index (χ1v) is 7.76. The lowest BCUT2D eigenvalue weighted by molar-refractivity contribution is 0.252. The smallest absolute Gasteiger partial charge is 0.288 e. The van der Waals surface area contributed by atoms with E-state index in [9.17, 15) is 8.78 Å². The number of benzene rings is 1. The monoisotopic (exact) mass is 309 g/mol. The Morgan fingerprint density at radius 3 is 2.90 bits per heavy atom. The van der Waals surface area contributed by atoms with Crippen molar-refractivity contribution in [1.29, 1.82) is 0 Å². The third-order valence-corrected chi connectivity index (χ3v) is 4.74. The highest BCUT2D eigenvalue weighted by molar-refractivity contribution is 7.99. The molecule has 2 aromatic rings. The molecule has 1 aliphatic heterocycles. The minimum atomic E-state index is -2.43. The molecular formula is C15H17F2N3S. The Morgan fingerprint density at radius 2 is 2.19 bits per heavy atom. The van der Waals surface area contributed by atoms with Crippen molar-refractivity contribution in [3.8, 4) is 5.69 Å². The zero-order chi connectivity index (χ0) is 14.9. The van der Waals surface area contributed by atoms with Gasteiger partial charge in [0, 0.05) is 28.7 Å². The summed E-state index contributed by atoms with van der Waals surface area (Å²) in [6, 6.07) is 7.24. The van der Waals surface area contributed by atoms with Gasteiger partial charge < -0.3 is 9.88 Å². The van der Waals surface area contributed by atoms with Crippen molar-refractivity contribution >= 4 is 11.8 Å². The predicted molar refractivity (Wildman–Crippen MR) is 80.3 cm³/mol. The van der Waals surface area contributed by atoms with E-state index in [1.165, 1.54) is 0 Å². The van der Waals surface area contributed by atoms with Crippen LogP contribution in [0, 0.1) is 0 Å². The fourth-order valence-corrected chi connectivity index (χ4v) is 3.46. The summed E-state index contributed by atoms with van der Waals surface area (Å²) >= 11 is 0.576. The molecule has 1 aromatic carbocycles. The van der Waals surface area contributed by atoms with Gasteiger partial charge in [0.1, 0.15) is 0 Å². The van der Waals surface area contributed by atoms with E-state index in [1.807, 2.05) is 22.9 Å². The van der Waals surface area contributed by atoms with Gasteiger partial charge in [-0.05, 0) is 25.1 Å². The molecule has 3 nitrogen and oxygen atoms in total. The van der Waals surface area contributed by atoms with E-state index in [-0.39, 0.29) is 5.41 Å². The molecule has 1 aliphatic rings. The summed E-state index contributed by atoms with van der Waals surface area (Å²) in [7, 11) is 0. The average molecular weight is 309 g/mol. The lowest BCUT2D eigenvalue weighted by atomic mass is 9.86. The molecule has 0 spiro atoms. The van der Waals surface area contributed by atoms with Crippen molar-refractivity contribution < 1.29 is 8.78 Å². The third-order valence-electron chi connectivity index (χ3n) is 3.97. The number of aromatic nitrogens is 2. The molecule has 0 amide bonds. The van der Waals surface area contributed by atoms with Crippen molar-refractivity contribution in [2.75, 3.05) is 13.1 Å². The first kappa shape index (κ1) is 14.5. The Bertz CT molecular complexity index is 621. The molecule has 0 saturated carbocycles. The van der Waals surface area contributed by atoms with Gasteiger partial charge in [-0.2, -0.15) is 8.78 Å². The maximum absolute atomic E-state index is 12.7. The molecule has 0 bridgehead atoms. The zero-order valence-corrected chi connectivity index (χ0v) is 12.5. The van der Waals surface area contributed by atoms with E-state index in [1.54, 1.807) is 18.5 Å². The van der Waals surface area contributed by atoms with Crippen LogP contribution < -0.4 is 5.32 Å². The van der Waals surface area contributed by atoms with Crippen LogP contribution in [0.3, 0.4) is 0 Å². The first-order valence-electron chi connectivity index (χ1n) is 6.88. The summed E-state index contributed by atoms with van der Waals surface area (Å²) in [6.45, 7) is 4.03. The number of hydrogen-bond acceptors (Lipinski definition) is 3. The molecule has 1 saturated heterocycles. The van der Waals surface area contributed by atoms with E-state index in [0.29, 0.717) is 16.7 Å². The molecule has 1 N–H and O–H groups in total. The lowest BCUT2D eigenvalue weighted by Gasteiger charge is -2.25. The Kier molecular flexibility index (Phi) is 3.99. The second kappa shape index (κ2) is 5.77. The summed E-state index contributed by atoms with van der Waals surface area (Å²) in [6.07, 6.45) is 4.57. The maximum Gasteiger partial charge on any atom is 0.288 e. The average Bonchev–Trinajstić information content (AvgIpc) is 3.08. The quantitative estimate of drug-likeness (QED) is 0.878. The van der Waals surface area contributed by atoms with Crippen LogP contribution in [0.25, 0.3) is 5.69 Å². The van der Waals surface area contributed by atoms with Crippen LogP contribution in [-0.2, 0) is 5.41 Å². The number of imidazole rings is 1. The fourth-order valence-electron chi connectivity index (χ4n) is 2.82. The van der Waals surface area contributed by atoms with Crippen LogP contribution >= 0.6 is 11.8 Å². The minimum absolute atomic E-state index is 0.0148. The highest BCUT2D eigenvalue weighted by Gasteiger charge is 2.34. The molecule has 1 fully saturated rings. The highest BCUT2D eigenvalue weighted by atomic mass is 32.2. The molecule has 112 valence electrons. The Morgan fingerprint density at radius 1 is 1.38 bits per heavy atom. The number of nitrogens with zero attached hydrogens (tertiary/aromatic N) is 2. The van der Waals surface area contributed by atoms with Crippen molar-refractivity contribution in [2.45, 2.75) is 29.4 Å². The molecule has 1 aromatic heterocycles. The number of nitrogens with one attached hydrogen (secondary N) is 1. The molecule has 0 aliphatic carbocycles. The van der Waals surface area contributed by atoms with Crippen molar-refractivity contribution in [3.63, 3.8) is 0 Å². The zero-order valence-electron chi connectivity index (χ0n) is 11.7. The van der Waals surface area contributed by atoms with Crippen molar-refractivity contribution in [2.24, 2.45) is 0 Å². The van der Waals surface area contributed by atoms with Crippen molar-refractivity contribution in [3.05, 3.63) is 42.5 Å². The van der Waals surface area contributed by atoms with Crippen LogP contribution in [0.1, 0.15) is 19.0 Å². The number of halogens is 2. The van der Waals surface area contributed by atoms with Gasteiger partial charge in [-0.25, -0.2) is 4.98 Å². The number of hydrogen-bond donors (Lipinski definition) is 1. The largest absolute Gasteiger partial charge is 0.316 e. The molecule has 2 heterocycles. The van der Waals surface area contributed by atoms with Gasteiger partial charge in [0.2, 0.25) is 0 Å². The van der Waals surface area contributed by atoms with Gasteiger partial charge in [0.05, 0.1) is 12.0 Å². The normalized spacial score (nSPS) is 22.1. The van der Waals surface area contributed by atoms with Crippen molar-refractivity contribution in [1.82, 2.24) is 14.9 Å². The summed E-state index contributed by atoms with van der Waals surface area (Å²) in [5.41, 5.74) is 1.82. The second-order valence-corrected chi connectivity index (χ2v) is 6.51. The topological polar surface area (TPSA) is 29.9 Å². The van der Waals surface area contributed by atoms with E-state index < -0.39 is 5.76 Å². The summed E-state index contributed by atoms with van der Waals surface area (Å²) in [4.78, 5) is 4.82. The van der Waals surface area contributed by atoms with Crippen LogP contribution in [0.5, 0.6) is 0 Å². The second-order valence-electron chi connectivity index (χ2n) is 5.48. The van der Waals surface area contributed by atoms with E-state index >= 15 is 0 Å². The van der Waals surface area contributed by atoms with Gasteiger partial charge in [0.25, 0.3) is 5.76 Å². The Labute approximate surface area is 126 Å². The van der Waals surface area contributed by atoms with E-state index in [4.69, 9.17) is 0 Å². The number of rotatable bonds is 4. The van der Waals surface area contributed by atoms with E-state index in [2.05, 4.69) is 17.2 Å². The molecule has 3 rings (SSSR count). The Balaban J connectivity index is 2.04. The van der Waals surface area contributed by atoms with Gasteiger partial charge in [-0.1, -0.05) is 30.8 Å². The molecule has 0 radical (unpaired) electrons. The first-order chi connectivity index (χ1) is 10.1. The number of para-hydroxylation sites is 1. The van der Waals surface area contributed by atoms with Crippen LogP contribution in [-0.4, -0.2) is 28.4 Å². The summed E-state index contributed by atoms with van der Waals surface area (Å²) < 4.78 is 27.4. The lowest BCUT2D eigenvalue weighted by Crippen LogP contribution is -2.27. The number of thioether (sulfide) groups is 1. The van der Waals surface area contributed by atoms with Gasteiger partial charge in [0.15, 0.2) is 0 Å². The fraction of sp³-hybridized carbons (Fsp3) is 0.400. The van der Waals surface area contributed by atoms with E-state index in [0.717, 1.165) is 30.9 Å². The maximum atomic E-state index is 12.7. The van der Waals surface area contributed by atoms with Crippen LogP contribution in [0.2, 0.25) is 0 Å². The molecule has 1 atom stereocenters. The standard InChI is InChI=1S/C15H17F2N3S/c1-15(6-7-18-9-15)13-8-19-10-20(13)11-4-2-3-5-12(11)21-14(16)17/h2-5,8,10,14,18H,6-7,9H2,1H3. The molecule has 6 heteroatoms. The summed E-state index contributed by atoms with van der Waals surface area (Å²) in [5, 5.41) is 3.36. The van der Waals surface area contributed by atoms with Crippen LogP contribution in [0.4, 0.5) is 8.78 Å². The van der Waals surface area contributed by atoms with Gasteiger partial charge >= 0.3 is 0 Å². The molecule has 21 heavy (non-hydrogen) atoms. The van der Waals surface area contributed by atoms with Gasteiger partial charge in [-0.15, -0.1) is 0 Å². The highest BCUT2D eigenvalue weighted by Crippen LogP contribution is 2.35. The SMILES string of the molecule is CC1(c2cncn2-c2ccccc2SC(F)F)CCNC1. The predicted octanol–water partition coefficient (Wildman–Crippen LogP) is 3.44. The number of alkyl halides is 2. The van der Waals surface area contributed by atoms with Gasteiger partial charge in [-0.3, -0.25) is 0 Å². The molecule has 1 unspecified atom stereocenters. The Hall–Kier alpha value is -1.40. The minimum Gasteiger partial charge on any atom is -0.316 e. The third kappa shape index (κ3) is 2.82. The summed E-state index contributed by atoms with van der Waals surface area (Å²) in [5.74, 6) is -2.43.